The summed E-state index contributed by atoms with van der Waals surface area (Å²) >= 11 is 1.31. The molecule has 148 valence electrons. The number of thioether (sulfide) groups is 1. The second-order valence-corrected chi connectivity index (χ2v) is 10.2. The minimum absolute atomic E-state index is 0.00223. The van der Waals surface area contributed by atoms with Crippen LogP contribution in [-0.4, -0.2) is 68.1 Å². The minimum Gasteiger partial charge on any atom is -0.335 e. The van der Waals surface area contributed by atoms with E-state index >= 15 is 0 Å². The van der Waals surface area contributed by atoms with Crippen LogP contribution in [-0.2, 0) is 14.6 Å². The van der Waals surface area contributed by atoms with Crippen molar-refractivity contribution in [1.82, 2.24) is 24.5 Å². The van der Waals surface area contributed by atoms with E-state index in [0.717, 1.165) is 17.8 Å². The molecule has 8 nitrogen and oxygen atoms in total. The van der Waals surface area contributed by atoms with Gasteiger partial charge in [0, 0.05) is 23.5 Å². The molecule has 1 aliphatic rings. The molecular formula is C17H25N5O3S2. The van der Waals surface area contributed by atoms with Crippen molar-refractivity contribution in [3.63, 3.8) is 0 Å². The Bertz CT molecular complexity index is 957. The van der Waals surface area contributed by atoms with Gasteiger partial charge in [0.05, 0.1) is 17.3 Å². The molecule has 0 spiro atoms. The second kappa shape index (κ2) is 7.75. The Labute approximate surface area is 163 Å². The highest BCUT2D eigenvalue weighted by Gasteiger charge is 2.36. The molecule has 0 aliphatic carbocycles. The number of carbonyl (C=O) groups is 1. The molecule has 2 aromatic rings. The zero-order valence-electron chi connectivity index (χ0n) is 16.0. The van der Waals surface area contributed by atoms with Crippen molar-refractivity contribution in [2.75, 3.05) is 17.3 Å². The van der Waals surface area contributed by atoms with Gasteiger partial charge in [0.25, 0.3) is 5.78 Å². The first kappa shape index (κ1) is 20.1. The van der Waals surface area contributed by atoms with Gasteiger partial charge in [0.1, 0.15) is 0 Å². The summed E-state index contributed by atoms with van der Waals surface area (Å²) in [5, 5.41) is 8.87. The van der Waals surface area contributed by atoms with Gasteiger partial charge in [-0.2, -0.15) is 0 Å². The first-order valence-electron chi connectivity index (χ1n) is 9.05. The van der Waals surface area contributed by atoms with Crippen molar-refractivity contribution in [3.8, 4) is 0 Å². The number of aryl methyl sites for hydroxylation is 2. The Balaban J connectivity index is 1.77. The lowest BCUT2D eigenvalue weighted by molar-refractivity contribution is -0.132. The number of hydrogen-bond donors (Lipinski definition) is 0. The van der Waals surface area contributed by atoms with Crippen LogP contribution in [0.3, 0.4) is 0 Å². The third-order valence-corrected chi connectivity index (χ3v) is 7.61. The Morgan fingerprint density at radius 2 is 2.15 bits per heavy atom. The highest BCUT2D eigenvalue weighted by molar-refractivity contribution is 7.99. The summed E-state index contributed by atoms with van der Waals surface area (Å²) in [6, 6.07) is 1.70. The van der Waals surface area contributed by atoms with Crippen LogP contribution >= 0.6 is 11.8 Å². The van der Waals surface area contributed by atoms with E-state index in [4.69, 9.17) is 0 Å². The monoisotopic (exact) mass is 411 g/mol. The van der Waals surface area contributed by atoms with Gasteiger partial charge in [-0.05, 0) is 39.7 Å². The number of amides is 1. The standard InChI is InChI=1S/C17H25N5O3S2/c1-5-12(3)21(14-6-7-27(24,25)10-14)15(23)9-26-17-20-19-16-18-11(2)8-13(4)22(16)17/h8,12,14H,5-7,9-10H2,1-4H3/t12-,14-/m1/s1. The van der Waals surface area contributed by atoms with Gasteiger partial charge in [-0.3, -0.25) is 9.20 Å². The fourth-order valence-corrected chi connectivity index (χ4v) is 6.06. The molecule has 2 atom stereocenters. The predicted molar refractivity (Wildman–Crippen MR) is 105 cm³/mol. The Morgan fingerprint density at radius 1 is 1.41 bits per heavy atom. The maximum atomic E-state index is 12.9. The fraction of sp³-hybridized carbons (Fsp3) is 0.647. The van der Waals surface area contributed by atoms with Crippen molar-refractivity contribution in [3.05, 3.63) is 17.5 Å². The van der Waals surface area contributed by atoms with Gasteiger partial charge < -0.3 is 4.90 Å². The van der Waals surface area contributed by atoms with Crippen molar-refractivity contribution >= 4 is 33.3 Å². The predicted octanol–water partition coefficient (Wildman–Crippen LogP) is 1.65. The van der Waals surface area contributed by atoms with Gasteiger partial charge in [0.2, 0.25) is 5.91 Å². The van der Waals surface area contributed by atoms with E-state index in [1.807, 2.05) is 38.2 Å². The number of sulfone groups is 1. The average molecular weight is 412 g/mol. The molecular weight excluding hydrogens is 386 g/mol. The maximum Gasteiger partial charge on any atom is 0.256 e. The molecule has 1 fully saturated rings. The van der Waals surface area contributed by atoms with Gasteiger partial charge >= 0.3 is 0 Å². The van der Waals surface area contributed by atoms with E-state index in [-0.39, 0.29) is 35.2 Å². The lowest BCUT2D eigenvalue weighted by Crippen LogP contribution is -2.47. The van der Waals surface area contributed by atoms with Gasteiger partial charge in [0.15, 0.2) is 15.0 Å². The zero-order chi connectivity index (χ0) is 19.8. The Hall–Kier alpha value is -1.68. The molecule has 0 bridgehead atoms. The number of hydrogen-bond acceptors (Lipinski definition) is 7. The van der Waals surface area contributed by atoms with Crippen LogP contribution < -0.4 is 0 Å². The van der Waals surface area contributed by atoms with Gasteiger partial charge in [-0.25, -0.2) is 13.4 Å². The van der Waals surface area contributed by atoms with Crippen molar-refractivity contribution < 1.29 is 13.2 Å². The molecule has 3 rings (SSSR count). The van der Waals surface area contributed by atoms with Crippen molar-refractivity contribution in [1.29, 1.82) is 0 Å². The topological polar surface area (TPSA) is 97.5 Å². The van der Waals surface area contributed by atoms with Gasteiger partial charge in [-0.15, -0.1) is 10.2 Å². The Kier molecular flexibility index (Phi) is 5.76. The number of nitrogens with zero attached hydrogens (tertiary/aromatic N) is 5. The summed E-state index contributed by atoms with van der Waals surface area (Å²) in [5.41, 5.74) is 1.82. The largest absolute Gasteiger partial charge is 0.335 e. The lowest BCUT2D eigenvalue weighted by Gasteiger charge is -2.33. The van der Waals surface area contributed by atoms with Crippen LogP contribution in [0, 0.1) is 13.8 Å². The van der Waals surface area contributed by atoms with Crippen LogP contribution in [0.1, 0.15) is 38.1 Å². The minimum atomic E-state index is -3.05. The summed E-state index contributed by atoms with van der Waals surface area (Å²) in [7, 11) is -3.05. The summed E-state index contributed by atoms with van der Waals surface area (Å²) in [4.78, 5) is 19.1. The molecule has 1 amide bonds. The van der Waals surface area contributed by atoms with Crippen LogP contribution in [0.15, 0.2) is 11.2 Å². The smallest absolute Gasteiger partial charge is 0.256 e. The quantitative estimate of drug-likeness (QED) is 0.667. The van der Waals surface area contributed by atoms with Crippen LogP contribution in [0.4, 0.5) is 0 Å². The molecule has 3 heterocycles. The first-order valence-corrected chi connectivity index (χ1v) is 11.9. The number of fused-ring (bicyclic) bond motifs is 1. The molecule has 27 heavy (non-hydrogen) atoms. The molecule has 1 aliphatic heterocycles. The summed E-state index contributed by atoms with van der Waals surface area (Å²) in [6.45, 7) is 7.82. The van der Waals surface area contributed by atoms with E-state index in [9.17, 15) is 13.2 Å². The lowest BCUT2D eigenvalue weighted by atomic mass is 10.1. The van der Waals surface area contributed by atoms with Gasteiger partial charge in [-0.1, -0.05) is 18.7 Å². The summed E-state index contributed by atoms with van der Waals surface area (Å²) in [6.07, 6.45) is 1.29. The van der Waals surface area contributed by atoms with E-state index in [0.29, 0.717) is 17.4 Å². The van der Waals surface area contributed by atoms with E-state index in [1.54, 1.807) is 4.90 Å². The average Bonchev–Trinajstić information content (AvgIpc) is 3.16. The molecule has 10 heteroatoms. The van der Waals surface area contributed by atoms with Crippen LogP contribution in [0.2, 0.25) is 0 Å². The summed E-state index contributed by atoms with van der Waals surface area (Å²) in [5.74, 6) is 0.859. The van der Waals surface area contributed by atoms with Crippen molar-refractivity contribution in [2.45, 2.75) is 57.8 Å². The molecule has 1 saturated heterocycles. The first-order chi connectivity index (χ1) is 12.7. The second-order valence-electron chi connectivity index (χ2n) is 7.06. The van der Waals surface area contributed by atoms with E-state index in [1.165, 1.54) is 11.8 Å². The Morgan fingerprint density at radius 3 is 2.78 bits per heavy atom. The van der Waals surface area contributed by atoms with Crippen LogP contribution in [0.5, 0.6) is 0 Å². The third kappa shape index (κ3) is 4.26. The SMILES string of the molecule is CC[C@@H](C)N(C(=O)CSc1nnc2nc(C)cc(C)n12)[C@@H]1CCS(=O)(=O)C1. The van der Waals surface area contributed by atoms with Crippen molar-refractivity contribution in [2.24, 2.45) is 0 Å². The highest BCUT2D eigenvalue weighted by atomic mass is 32.2. The van der Waals surface area contributed by atoms with E-state index < -0.39 is 9.84 Å². The molecule has 0 unspecified atom stereocenters. The maximum absolute atomic E-state index is 12.9. The summed E-state index contributed by atoms with van der Waals surface area (Å²) < 4.78 is 25.6. The number of rotatable bonds is 6. The molecule has 0 aromatic carbocycles. The highest BCUT2D eigenvalue weighted by Crippen LogP contribution is 2.24. The normalized spacial score (nSPS) is 20.1. The fourth-order valence-electron chi connectivity index (χ4n) is 3.50. The van der Waals surface area contributed by atoms with Crippen LogP contribution in [0.25, 0.3) is 5.78 Å². The number of carbonyl (C=O) groups excluding carboxylic acids is 1. The molecule has 0 radical (unpaired) electrons. The third-order valence-electron chi connectivity index (χ3n) is 4.94. The molecule has 2 aromatic heterocycles. The molecule has 0 N–H and O–H groups in total. The number of aromatic nitrogens is 4. The van der Waals surface area contributed by atoms with E-state index in [2.05, 4.69) is 15.2 Å². The zero-order valence-corrected chi connectivity index (χ0v) is 17.7. The molecule has 0 saturated carbocycles.